The molecule has 3 N–H and O–H groups in total. The average Bonchev–Trinajstić information content (AvgIpc) is 3.40. The summed E-state index contributed by atoms with van der Waals surface area (Å²) in [5, 5.41) is 10.5. The van der Waals surface area contributed by atoms with Gasteiger partial charge in [-0.3, -0.25) is 37.3 Å². The molecule has 0 aliphatic carbocycles. The Morgan fingerprint density at radius 3 is 0.766 bits per heavy atom. The molecule has 0 aliphatic rings. The van der Waals surface area contributed by atoms with Crippen molar-refractivity contribution in [1.29, 1.82) is 0 Å². The third-order valence-corrected chi connectivity index (χ3v) is 15.3. The number of unbranched alkanes of at least 4 members (excludes halogenated alkanes) is 33. The van der Waals surface area contributed by atoms with Gasteiger partial charge in [-0.15, -0.1) is 0 Å². The van der Waals surface area contributed by atoms with Gasteiger partial charge >= 0.3 is 39.5 Å². The quantitative estimate of drug-likeness (QED) is 0.0222. The van der Waals surface area contributed by atoms with Crippen molar-refractivity contribution in [1.82, 2.24) is 0 Å². The van der Waals surface area contributed by atoms with Gasteiger partial charge < -0.3 is 33.8 Å². The lowest BCUT2D eigenvalue weighted by Gasteiger charge is -2.21. The van der Waals surface area contributed by atoms with E-state index in [9.17, 15) is 43.2 Å². The number of hydrogen-bond donors (Lipinski definition) is 3. The van der Waals surface area contributed by atoms with Gasteiger partial charge in [0.25, 0.3) is 0 Å². The Morgan fingerprint density at radius 1 is 0.312 bits per heavy atom. The SMILES string of the molecule is CCCCCCCCCCCCC(=O)O[C@H](COC(=O)CCCCCCCCCC)COP(=O)(O)OC[C@H](O)COP(=O)(O)OC[C@@H](COC(=O)CCCCCCCCCCC)OC(=O)CCCCCCCCCCCC. The van der Waals surface area contributed by atoms with Gasteiger partial charge in [0.1, 0.15) is 19.3 Å². The number of phosphoric ester groups is 2. The van der Waals surface area contributed by atoms with Crippen molar-refractivity contribution < 1.29 is 80.2 Å². The maximum Gasteiger partial charge on any atom is 0.472 e. The van der Waals surface area contributed by atoms with Gasteiger partial charge in [0.2, 0.25) is 0 Å². The third-order valence-electron chi connectivity index (χ3n) is 13.4. The molecule has 0 rings (SSSR count). The summed E-state index contributed by atoms with van der Waals surface area (Å²) in [7, 11) is -9.86. The van der Waals surface area contributed by atoms with Gasteiger partial charge in [-0.05, 0) is 25.7 Å². The van der Waals surface area contributed by atoms with Crippen molar-refractivity contribution >= 4 is 39.5 Å². The summed E-state index contributed by atoms with van der Waals surface area (Å²) in [5.74, 6) is -2.14. The highest BCUT2D eigenvalue weighted by Gasteiger charge is 2.30. The minimum absolute atomic E-state index is 0.106. The topological polar surface area (TPSA) is 237 Å². The molecule has 2 unspecified atom stereocenters. The number of aliphatic hydroxyl groups is 1. The van der Waals surface area contributed by atoms with E-state index in [1.807, 2.05) is 0 Å². The van der Waals surface area contributed by atoms with Crippen LogP contribution < -0.4 is 0 Å². The summed E-state index contributed by atoms with van der Waals surface area (Å²) >= 11 is 0. The van der Waals surface area contributed by atoms with Crippen LogP contribution in [0.1, 0.15) is 291 Å². The standard InChI is InChI=1S/C58H112O17P2/c1-5-9-13-17-21-25-28-32-36-40-44-57(62)74-53(48-68-55(60)42-38-34-30-24-20-16-12-8-4)50-72-76(64,65)70-46-52(59)47-71-77(66,67)73-51-54(49-69-56(61)43-39-35-31-27-23-19-15-11-7-3)75-58(63)45-41-37-33-29-26-22-18-14-10-6-2/h52-54,59H,5-51H2,1-4H3,(H,64,65)(H,66,67)/t52-,53+,54+/m0/s1. The zero-order valence-corrected chi connectivity index (χ0v) is 50.7. The number of aliphatic hydroxyl groups excluding tert-OH is 1. The van der Waals surface area contributed by atoms with Gasteiger partial charge in [0.15, 0.2) is 12.2 Å². The van der Waals surface area contributed by atoms with Crippen LogP contribution in [0.2, 0.25) is 0 Å². The predicted molar refractivity (Wildman–Crippen MR) is 303 cm³/mol. The molecule has 0 spiro atoms. The second kappa shape index (κ2) is 53.4. The van der Waals surface area contributed by atoms with E-state index in [1.165, 1.54) is 116 Å². The zero-order chi connectivity index (χ0) is 56.9. The molecular weight excluding hydrogens is 1030 g/mol. The van der Waals surface area contributed by atoms with Crippen LogP contribution in [0.15, 0.2) is 0 Å². The molecule has 0 aromatic rings. The number of ether oxygens (including phenoxy) is 4. The number of esters is 4. The zero-order valence-electron chi connectivity index (χ0n) is 48.9. The first-order valence-electron chi connectivity index (χ1n) is 30.8. The van der Waals surface area contributed by atoms with Gasteiger partial charge in [-0.1, -0.05) is 240 Å². The Balaban J connectivity index is 5.21. The van der Waals surface area contributed by atoms with E-state index in [4.69, 9.17) is 37.0 Å². The second-order valence-corrected chi connectivity index (χ2v) is 23.9. The minimum Gasteiger partial charge on any atom is -0.462 e. The fourth-order valence-electron chi connectivity index (χ4n) is 8.57. The first kappa shape index (κ1) is 75.1. The molecule has 77 heavy (non-hydrogen) atoms. The van der Waals surface area contributed by atoms with Gasteiger partial charge in [0.05, 0.1) is 26.4 Å². The van der Waals surface area contributed by atoms with Crippen LogP contribution in [-0.4, -0.2) is 96.7 Å². The lowest BCUT2D eigenvalue weighted by atomic mass is 10.1. The van der Waals surface area contributed by atoms with Crippen molar-refractivity contribution in [2.75, 3.05) is 39.6 Å². The van der Waals surface area contributed by atoms with E-state index in [1.54, 1.807) is 0 Å². The van der Waals surface area contributed by atoms with Crippen LogP contribution in [0, 0.1) is 0 Å². The fraction of sp³-hybridized carbons (Fsp3) is 0.931. The molecule has 0 amide bonds. The third kappa shape index (κ3) is 53.2. The van der Waals surface area contributed by atoms with E-state index in [-0.39, 0.29) is 25.7 Å². The summed E-state index contributed by atoms with van der Waals surface area (Å²) in [4.78, 5) is 71.8. The lowest BCUT2D eigenvalue weighted by molar-refractivity contribution is -0.161. The maximum absolute atomic E-state index is 12.9. The molecule has 0 aliphatic heterocycles. The predicted octanol–water partition coefficient (Wildman–Crippen LogP) is 15.6. The summed E-state index contributed by atoms with van der Waals surface area (Å²) in [6.07, 6.45) is 36.1. The van der Waals surface area contributed by atoms with E-state index in [2.05, 4.69) is 27.7 Å². The number of rotatable bonds is 59. The van der Waals surface area contributed by atoms with Gasteiger partial charge in [-0.2, -0.15) is 0 Å². The van der Waals surface area contributed by atoms with Crippen LogP contribution in [0.25, 0.3) is 0 Å². The van der Waals surface area contributed by atoms with Crippen molar-refractivity contribution in [3.05, 3.63) is 0 Å². The Labute approximate surface area is 467 Å². The molecule has 19 heteroatoms. The molecule has 0 radical (unpaired) electrons. The molecule has 0 aromatic carbocycles. The Kier molecular flexibility index (Phi) is 52.0. The van der Waals surface area contributed by atoms with E-state index >= 15 is 0 Å². The largest absolute Gasteiger partial charge is 0.472 e. The first-order valence-corrected chi connectivity index (χ1v) is 33.8. The van der Waals surface area contributed by atoms with Crippen LogP contribution in [0.4, 0.5) is 0 Å². The van der Waals surface area contributed by atoms with Crippen LogP contribution >= 0.6 is 15.6 Å². The van der Waals surface area contributed by atoms with E-state index in [0.29, 0.717) is 25.7 Å². The molecule has 5 atom stereocenters. The number of phosphoric acid groups is 2. The molecule has 0 fully saturated rings. The van der Waals surface area contributed by atoms with Crippen LogP contribution in [0.5, 0.6) is 0 Å². The molecule has 0 aromatic heterocycles. The average molecular weight is 1140 g/mol. The molecular formula is C58H112O17P2. The number of carbonyl (C=O) groups is 4. The molecule has 0 saturated heterocycles. The summed E-state index contributed by atoms with van der Waals surface area (Å²) < 4.78 is 67.6. The highest BCUT2D eigenvalue weighted by atomic mass is 31.2. The highest BCUT2D eigenvalue weighted by Crippen LogP contribution is 2.45. The van der Waals surface area contributed by atoms with Crippen molar-refractivity contribution in [2.24, 2.45) is 0 Å². The maximum atomic E-state index is 12.9. The summed E-state index contributed by atoms with van der Waals surface area (Å²) in [5.41, 5.74) is 0. The monoisotopic (exact) mass is 1140 g/mol. The van der Waals surface area contributed by atoms with Crippen molar-refractivity contribution in [2.45, 2.75) is 309 Å². The second-order valence-electron chi connectivity index (χ2n) is 21.0. The molecule has 456 valence electrons. The molecule has 0 bridgehead atoms. The fourth-order valence-corrected chi connectivity index (χ4v) is 10.2. The Morgan fingerprint density at radius 2 is 0.519 bits per heavy atom. The Bertz CT molecular complexity index is 1500. The van der Waals surface area contributed by atoms with Crippen LogP contribution in [0.3, 0.4) is 0 Å². The van der Waals surface area contributed by atoms with E-state index < -0.39 is 97.5 Å². The molecule has 0 saturated carbocycles. The molecule has 0 heterocycles. The summed E-state index contributed by atoms with van der Waals surface area (Å²) in [6, 6.07) is 0. The number of hydrogen-bond acceptors (Lipinski definition) is 15. The highest BCUT2D eigenvalue weighted by molar-refractivity contribution is 7.47. The Hall–Kier alpha value is -1.94. The van der Waals surface area contributed by atoms with Crippen molar-refractivity contribution in [3.8, 4) is 0 Å². The van der Waals surface area contributed by atoms with Gasteiger partial charge in [0, 0.05) is 25.7 Å². The number of carbonyl (C=O) groups excluding carboxylic acids is 4. The first-order chi connectivity index (χ1) is 37.2. The summed E-state index contributed by atoms with van der Waals surface area (Å²) in [6.45, 7) is 4.79. The molecule has 17 nitrogen and oxygen atoms in total. The smallest absolute Gasteiger partial charge is 0.462 e. The van der Waals surface area contributed by atoms with E-state index in [0.717, 1.165) is 96.3 Å². The lowest BCUT2D eigenvalue weighted by Crippen LogP contribution is -2.30. The van der Waals surface area contributed by atoms with Crippen LogP contribution in [-0.2, 0) is 65.4 Å². The minimum atomic E-state index is -4.93. The normalized spacial score (nSPS) is 14.3. The van der Waals surface area contributed by atoms with Gasteiger partial charge in [-0.25, -0.2) is 9.13 Å². The van der Waals surface area contributed by atoms with Crippen molar-refractivity contribution in [3.63, 3.8) is 0 Å².